The summed E-state index contributed by atoms with van der Waals surface area (Å²) in [6.07, 6.45) is 2.46. The zero-order valence-electron chi connectivity index (χ0n) is 12.3. The molecule has 3 rings (SSSR count). The van der Waals surface area contributed by atoms with E-state index in [1.807, 2.05) is 0 Å². The van der Waals surface area contributed by atoms with E-state index in [1.165, 1.54) is 18.4 Å². The highest BCUT2D eigenvalue weighted by atomic mass is 32.1. The van der Waals surface area contributed by atoms with Crippen LogP contribution in [0.1, 0.15) is 56.9 Å². The molecular weight excluding hydrogens is 270 g/mol. The molecule has 0 aromatic carbocycles. The minimum absolute atomic E-state index is 0.0560. The number of aromatic nitrogens is 2. The van der Waals surface area contributed by atoms with Crippen LogP contribution in [0.15, 0.2) is 21.3 Å². The summed E-state index contributed by atoms with van der Waals surface area (Å²) in [4.78, 5) is 6.99. The summed E-state index contributed by atoms with van der Waals surface area (Å²) in [5.41, 5.74) is 1.36. The fourth-order valence-electron chi connectivity index (χ4n) is 2.65. The number of thiophene rings is 1. The van der Waals surface area contributed by atoms with Crippen molar-refractivity contribution in [1.29, 1.82) is 0 Å². The smallest absolute Gasteiger partial charge is 0.240 e. The third-order valence-corrected chi connectivity index (χ3v) is 4.47. The first-order valence-electron chi connectivity index (χ1n) is 7.13. The predicted molar refractivity (Wildman–Crippen MR) is 79.7 cm³/mol. The zero-order valence-corrected chi connectivity index (χ0v) is 13.1. The van der Waals surface area contributed by atoms with Gasteiger partial charge in [-0.05, 0) is 41.8 Å². The van der Waals surface area contributed by atoms with Crippen LogP contribution in [0.25, 0.3) is 0 Å². The van der Waals surface area contributed by atoms with E-state index in [4.69, 9.17) is 4.52 Å². The van der Waals surface area contributed by atoms with E-state index in [0.29, 0.717) is 6.04 Å². The fraction of sp³-hybridized carbons (Fsp3) is 0.600. The topological polar surface area (TPSA) is 42.2 Å². The van der Waals surface area contributed by atoms with Gasteiger partial charge in [-0.1, -0.05) is 25.9 Å². The molecule has 4 nitrogen and oxygen atoms in total. The summed E-state index contributed by atoms with van der Waals surface area (Å²) in [5.74, 6) is 1.52. The number of hydrogen-bond donors (Lipinski definition) is 0. The Bertz CT molecular complexity index is 556. The van der Waals surface area contributed by atoms with E-state index in [2.05, 4.69) is 52.6 Å². The van der Waals surface area contributed by atoms with Crippen LogP contribution in [0.5, 0.6) is 0 Å². The van der Waals surface area contributed by atoms with Crippen LogP contribution in [0.3, 0.4) is 0 Å². The molecule has 0 saturated carbocycles. The molecule has 0 aliphatic carbocycles. The first-order chi connectivity index (χ1) is 9.54. The molecule has 2 aromatic heterocycles. The van der Waals surface area contributed by atoms with Gasteiger partial charge in [0.25, 0.3) is 0 Å². The number of rotatable bonds is 3. The Morgan fingerprint density at radius 3 is 2.95 bits per heavy atom. The number of hydrogen-bond acceptors (Lipinski definition) is 5. The monoisotopic (exact) mass is 291 g/mol. The van der Waals surface area contributed by atoms with Gasteiger partial charge >= 0.3 is 0 Å². The van der Waals surface area contributed by atoms with Crippen molar-refractivity contribution in [2.45, 2.75) is 51.6 Å². The largest absolute Gasteiger partial charge is 0.338 e. The third-order valence-electron chi connectivity index (χ3n) is 3.77. The maximum Gasteiger partial charge on any atom is 0.240 e. The lowest BCUT2D eigenvalue weighted by Gasteiger charge is -2.21. The van der Waals surface area contributed by atoms with Crippen molar-refractivity contribution in [2.24, 2.45) is 0 Å². The molecule has 2 aromatic rings. The van der Waals surface area contributed by atoms with E-state index < -0.39 is 0 Å². The summed E-state index contributed by atoms with van der Waals surface area (Å²) in [7, 11) is 0. The van der Waals surface area contributed by atoms with E-state index >= 15 is 0 Å². The average Bonchev–Trinajstić information content (AvgIpc) is 3.08. The van der Waals surface area contributed by atoms with Gasteiger partial charge in [0.2, 0.25) is 5.89 Å². The van der Waals surface area contributed by atoms with Crippen molar-refractivity contribution in [3.63, 3.8) is 0 Å². The Morgan fingerprint density at radius 1 is 1.45 bits per heavy atom. The van der Waals surface area contributed by atoms with Crippen LogP contribution in [0.4, 0.5) is 0 Å². The van der Waals surface area contributed by atoms with Gasteiger partial charge in [0.05, 0.1) is 6.54 Å². The first-order valence-corrected chi connectivity index (χ1v) is 8.07. The zero-order chi connectivity index (χ0) is 14.2. The van der Waals surface area contributed by atoms with Crippen LogP contribution < -0.4 is 0 Å². The summed E-state index contributed by atoms with van der Waals surface area (Å²) >= 11 is 1.76. The van der Waals surface area contributed by atoms with Gasteiger partial charge in [-0.25, -0.2) is 0 Å². The van der Waals surface area contributed by atoms with E-state index in [-0.39, 0.29) is 5.41 Å². The summed E-state index contributed by atoms with van der Waals surface area (Å²) in [6.45, 7) is 8.17. The molecule has 0 radical (unpaired) electrons. The Kier molecular flexibility index (Phi) is 3.65. The van der Waals surface area contributed by atoms with E-state index in [1.54, 1.807) is 11.3 Å². The maximum atomic E-state index is 5.42. The molecule has 1 aliphatic heterocycles. The molecule has 1 saturated heterocycles. The molecule has 3 heterocycles. The van der Waals surface area contributed by atoms with Gasteiger partial charge in [-0.15, -0.1) is 0 Å². The normalized spacial score (nSPS) is 20.6. The Labute approximate surface area is 123 Å². The van der Waals surface area contributed by atoms with Gasteiger partial charge < -0.3 is 4.52 Å². The van der Waals surface area contributed by atoms with Crippen molar-refractivity contribution in [2.75, 3.05) is 6.54 Å². The summed E-state index contributed by atoms with van der Waals surface area (Å²) < 4.78 is 5.42. The Hall–Kier alpha value is -1.20. The Balaban J connectivity index is 1.72. The van der Waals surface area contributed by atoms with Gasteiger partial charge in [-0.2, -0.15) is 16.3 Å². The lowest BCUT2D eigenvalue weighted by Crippen LogP contribution is -2.22. The molecule has 1 fully saturated rings. The second-order valence-electron chi connectivity index (χ2n) is 6.45. The first kappa shape index (κ1) is 13.8. The van der Waals surface area contributed by atoms with Gasteiger partial charge in [0.15, 0.2) is 5.82 Å². The summed E-state index contributed by atoms with van der Waals surface area (Å²) in [5, 5.41) is 8.50. The third kappa shape index (κ3) is 2.79. The number of likely N-dealkylation sites (tertiary alicyclic amines) is 1. The number of nitrogens with zero attached hydrogens (tertiary/aromatic N) is 3. The fourth-order valence-corrected chi connectivity index (χ4v) is 3.36. The van der Waals surface area contributed by atoms with Crippen LogP contribution in [0, 0.1) is 0 Å². The highest BCUT2D eigenvalue weighted by Gasteiger charge is 2.28. The quantitative estimate of drug-likeness (QED) is 0.863. The van der Waals surface area contributed by atoms with E-state index in [9.17, 15) is 0 Å². The van der Waals surface area contributed by atoms with Crippen LogP contribution in [-0.2, 0) is 12.0 Å². The molecule has 1 atom stereocenters. The summed E-state index contributed by atoms with van der Waals surface area (Å²) in [6, 6.07) is 2.73. The molecule has 1 unspecified atom stereocenters. The lowest BCUT2D eigenvalue weighted by atomic mass is 9.96. The van der Waals surface area contributed by atoms with Crippen molar-refractivity contribution in [3.05, 3.63) is 34.1 Å². The average molecular weight is 291 g/mol. The molecule has 108 valence electrons. The molecule has 0 spiro atoms. The molecule has 0 amide bonds. The Morgan fingerprint density at radius 2 is 2.30 bits per heavy atom. The predicted octanol–water partition coefficient (Wildman–Crippen LogP) is 3.77. The molecular formula is C15H21N3OS. The highest BCUT2D eigenvalue weighted by Crippen LogP contribution is 2.34. The SMILES string of the molecule is CC(C)(C)c1noc(CN2CCCC2c2ccsc2)n1. The van der Waals surface area contributed by atoms with Crippen molar-refractivity contribution < 1.29 is 4.52 Å². The van der Waals surface area contributed by atoms with Crippen LogP contribution in [0.2, 0.25) is 0 Å². The standard InChI is InChI=1S/C15H21N3OS/c1-15(2,3)14-16-13(19-17-14)9-18-7-4-5-12(18)11-6-8-20-10-11/h6,8,10,12H,4-5,7,9H2,1-3H3. The molecule has 20 heavy (non-hydrogen) atoms. The second kappa shape index (κ2) is 5.30. The second-order valence-corrected chi connectivity index (χ2v) is 7.23. The minimum Gasteiger partial charge on any atom is -0.338 e. The van der Waals surface area contributed by atoms with Crippen LogP contribution >= 0.6 is 11.3 Å². The molecule has 1 aliphatic rings. The van der Waals surface area contributed by atoms with Crippen molar-refractivity contribution >= 4 is 11.3 Å². The minimum atomic E-state index is -0.0560. The van der Waals surface area contributed by atoms with Gasteiger partial charge in [0, 0.05) is 11.5 Å². The molecule has 0 bridgehead atoms. The molecule has 0 N–H and O–H groups in total. The molecule has 5 heteroatoms. The highest BCUT2D eigenvalue weighted by molar-refractivity contribution is 7.07. The van der Waals surface area contributed by atoms with Crippen molar-refractivity contribution in [3.8, 4) is 0 Å². The van der Waals surface area contributed by atoms with E-state index in [0.717, 1.165) is 24.8 Å². The van der Waals surface area contributed by atoms with Crippen LogP contribution in [-0.4, -0.2) is 21.6 Å². The van der Waals surface area contributed by atoms with Gasteiger partial charge in [-0.3, -0.25) is 4.90 Å². The van der Waals surface area contributed by atoms with Gasteiger partial charge in [0.1, 0.15) is 0 Å². The lowest BCUT2D eigenvalue weighted by molar-refractivity contribution is 0.212. The van der Waals surface area contributed by atoms with Crippen molar-refractivity contribution in [1.82, 2.24) is 15.0 Å². The maximum absolute atomic E-state index is 5.42.